The Labute approximate surface area is 112 Å². The number of hydrogen-bond donors (Lipinski definition) is 2. The predicted octanol–water partition coefficient (Wildman–Crippen LogP) is 1.93. The standard InChI is InChI=1S/C12H11F3N4O/c13-12(14,15)20-10-4-2-1-3-8(10)11(19-16)9-7-17-5-6-18-9/h1-7,11,19H,16H2. The lowest BCUT2D eigenvalue weighted by Gasteiger charge is -2.19. The Bertz CT molecular complexity index is 562. The summed E-state index contributed by atoms with van der Waals surface area (Å²) in [6, 6.07) is 4.94. The second kappa shape index (κ2) is 5.85. The molecule has 0 fully saturated rings. The van der Waals surface area contributed by atoms with E-state index >= 15 is 0 Å². The van der Waals surface area contributed by atoms with E-state index in [4.69, 9.17) is 5.84 Å². The number of nitrogens with one attached hydrogen (secondary N) is 1. The second-order valence-corrected chi connectivity index (χ2v) is 3.82. The molecule has 5 nitrogen and oxygen atoms in total. The number of para-hydroxylation sites is 1. The van der Waals surface area contributed by atoms with Crippen molar-refractivity contribution in [1.29, 1.82) is 0 Å². The van der Waals surface area contributed by atoms with Crippen molar-refractivity contribution in [2.24, 2.45) is 5.84 Å². The molecule has 0 aliphatic rings. The van der Waals surface area contributed by atoms with Gasteiger partial charge in [0.15, 0.2) is 0 Å². The van der Waals surface area contributed by atoms with Gasteiger partial charge in [0.2, 0.25) is 0 Å². The SMILES string of the molecule is NNC(c1cnccn1)c1ccccc1OC(F)(F)F. The van der Waals surface area contributed by atoms with Crippen molar-refractivity contribution >= 4 is 0 Å². The molecule has 1 heterocycles. The number of ether oxygens (including phenoxy) is 1. The minimum absolute atomic E-state index is 0.216. The zero-order valence-electron chi connectivity index (χ0n) is 10.1. The van der Waals surface area contributed by atoms with E-state index in [0.29, 0.717) is 5.69 Å². The fraction of sp³-hybridized carbons (Fsp3) is 0.167. The van der Waals surface area contributed by atoms with Crippen LogP contribution >= 0.6 is 0 Å². The maximum atomic E-state index is 12.4. The van der Waals surface area contributed by atoms with Crippen LogP contribution in [0.1, 0.15) is 17.3 Å². The summed E-state index contributed by atoms with van der Waals surface area (Å²) in [6.45, 7) is 0. The molecule has 0 aliphatic carbocycles. The monoisotopic (exact) mass is 284 g/mol. The second-order valence-electron chi connectivity index (χ2n) is 3.82. The fourth-order valence-electron chi connectivity index (χ4n) is 1.73. The Hall–Kier alpha value is -2.19. The Morgan fingerprint density at radius 2 is 1.95 bits per heavy atom. The number of aromatic nitrogens is 2. The van der Waals surface area contributed by atoms with Crippen molar-refractivity contribution in [3.63, 3.8) is 0 Å². The van der Waals surface area contributed by atoms with Gasteiger partial charge < -0.3 is 4.74 Å². The molecule has 3 N–H and O–H groups in total. The summed E-state index contributed by atoms with van der Waals surface area (Å²) in [5, 5.41) is 0. The summed E-state index contributed by atoms with van der Waals surface area (Å²) in [5.41, 5.74) is 3.01. The molecule has 0 amide bonds. The Morgan fingerprint density at radius 3 is 2.55 bits per heavy atom. The fourth-order valence-corrected chi connectivity index (χ4v) is 1.73. The van der Waals surface area contributed by atoms with Crippen LogP contribution < -0.4 is 16.0 Å². The van der Waals surface area contributed by atoms with E-state index < -0.39 is 12.4 Å². The predicted molar refractivity (Wildman–Crippen MR) is 64.3 cm³/mol. The highest BCUT2D eigenvalue weighted by molar-refractivity contribution is 5.39. The summed E-state index contributed by atoms with van der Waals surface area (Å²) in [6.07, 6.45) is -0.491. The first kappa shape index (κ1) is 14.2. The number of nitrogens with two attached hydrogens (primary N) is 1. The minimum atomic E-state index is -4.78. The summed E-state index contributed by atoms with van der Waals surface area (Å²) in [5.74, 6) is 5.08. The zero-order chi connectivity index (χ0) is 14.6. The largest absolute Gasteiger partial charge is 0.573 e. The van der Waals surface area contributed by atoms with Gasteiger partial charge in [-0.05, 0) is 6.07 Å². The molecule has 1 aromatic carbocycles. The molecule has 2 rings (SSSR count). The van der Waals surface area contributed by atoms with Crippen molar-refractivity contribution in [2.75, 3.05) is 0 Å². The third kappa shape index (κ3) is 3.43. The molecular weight excluding hydrogens is 273 g/mol. The number of nitrogens with zero attached hydrogens (tertiary/aromatic N) is 2. The average Bonchev–Trinajstić information content (AvgIpc) is 2.41. The topological polar surface area (TPSA) is 73.1 Å². The molecule has 106 valence electrons. The quantitative estimate of drug-likeness (QED) is 0.663. The smallest absolute Gasteiger partial charge is 0.405 e. The van der Waals surface area contributed by atoms with Crippen molar-refractivity contribution in [1.82, 2.24) is 15.4 Å². The van der Waals surface area contributed by atoms with E-state index in [1.165, 1.54) is 36.8 Å². The van der Waals surface area contributed by atoms with Crippen LogP contribution in [0, 0.1) is 0 Å². The van der Waals surface area contributed by atoms with Crippen LogP contribution in [0.4, 0.5) is 13.2 Å². The highest BCUT2D eigenvalue weighted by Gasteiger charge is 2.33. The Morgan fingerprint density at radius 1 is 1.20 bits per heavy atom. The van der Waals surface area contributed by atoms with Gasteiger partial charge in [-0.15, -0.1) is 13.2 Å². The van der Waals surface area contributed by atoms with Gasteiger partial charge in [-0.1, -0.05) is 18.2 Å². The first-order valence-corrected chi connectivity index (χ1v) is 5.58. The van der Waals surface area contributed by atoms with Crippen LogP contribution in [-0.4, -0.2) is 16.3 Å². The number of hydrogen-bond acceptors (Lipinski definition) is 5. The molecule has 0 bridgehead atoms. The zero-order valence-corrected chi connectivity index (χ0v) is 10.1. The molecule has 8 heteroatoms. The summed E-state index contributed by atoms with van der Waals surface area (Å²) < 4.78 is 41.2. The molecule has 1 atom stereocenters. The third-order valence-corrected chi connectivity index (χ3v) is 2.50. The Kier molecular flexibility index (Phi) is 4.16. The highest BCUT2D eigenvalue weighted by atomic mass is 19.4. The lowest BCUT2D eigenvalue weighted by atomic mass is 10.0. The van der Waals surface area contributed by atoms with Gasteiger partial charge in [0, 0.05) is 18.0 Å². The molecule has 1 unspecified atom stereocenters. The first-order chi connectivity index (χ1) is 9.51. The van der Waals surface area contributed by atoms with Gasteiger partial charge in [0.05, 0.1) is 17.9 Å². The van der Waals surface area contributed by atoms with Gasteiger partial charge in [-0.25, -0.2) is 5.43 Å². The minimum Gasteiger partial charge on any atom is -0.405 e. The van der Waals surface area contributed by atoms with Crippen LogP contribution in [-0.2, 0) is 0 Å². The molecule has 0 saturated carbocycles. The van der Waals surface area contributed by atoms with Crippen LogP contribution in [0.25, 0.3) is 0 Å². The molecule has 1 aromatic heterocycles. The van der Waals surface area contributed by atoms with Gasteiger partial charge in [-0.2, -0.15) is 0 Å². The van der Waals surface area contributed by atoms with E-state index in [2.05, 4.69) is 20.1 Å². The van der Waals surface area contributed by atoms with E-state index in [9.17, 15) is 13.2 Å². The van der Waals surface area contributed by atoms with E-state index in [1.807, 2.05) is 0 Å². The van der Waals surface area contributed by atoms with Crippen molar-refractivity contribution in [3.05, 3.63) is 54.1 Å². The average molecular weight is 284 g/mol. The van der Waals surface area contributed by atoms with Crippen LogP contribution in [0.5, 0.6) is 5.75 Å². The van der Waals surface area contributed by atoms with E-state index in [-0.39, 0.29) is 11.3 Å². The normalized spacial score (nSPS) is 13.0. The lowest BCUT2D eigenvalue weighted by molar-refractivity contribution is -0.275. The lowest BCUT2D eigenvalue weighted by Crippen LogP contribution is -2.30. The Balaban J connectivity index is 2.40. The summed E-state index contributed by atoms with van der Waals surface area (Å²) in [7, 11) is 0. The number of rotatable bonds is 4. The van der Waals surface area contributed by atoms with Crippen LogP contribution in [0.15, 0.2) is 42.9 Å². The molecule has 0 saturated heterocycles. The van der Waals surface area contributed by atoms with Gasteiger partial charge in [-0.3, -0.25) is 15.8 Å². The van der Waals surface area contributed by atoms with Gasteiger partial charge in [0.1, 0.15) is 5.75 Å². The van der Waals surface area contributed by atoms with E-state index in [0.717, 1.165) is 0 Å². The van der Waals surface area contributed by atoms with Gasteiger partial charge in [0.25, 0.3) is 0 Å². The molecule has 2 aromatic rings. The number of hydrazine groups is 1. The number of halogens is 3. The van der Waals surface area contributed by atoms with E-state index in [1.54, 1.807) is 6.07 Å². The highest BCUT2D eigenvalue weighted by Crippen LogP contribution is 2.32. The van der Waals surface area contributed by atoms with Crippen molar-refractivity contribution in [3.8, 4) is 5.75 Å². The maximum absolute atomic E-state index is 12.4. The molecule has 0 aliphatic heterocycles. The van der Waals surface area contributed by atoms with Crippen LogP contribution in [0.3, 0.4) is 0 Å². The number of alkyl halides is 3. The van der Waals surface area contributed by atoms with Crippen molar-refractivity contribution < 1.29 is 17.9 Å². The molecule has 0 spiro atoms. The number of benzene rings is 1. The summed E-state index contributed by atoms with van der Waals surface area (Å²) in [4.78, 5) is 7.88. The first-order valence-electron chi connectivity index (χ1n) is 5.58. The molecule has 0 radical (unpaired) electrons. The molecular formula is C12H11F3N4O. The van der Waals surface area contributed by atoms with Crippen LogP contribution in [0.2, 0.25) is 0 Å². The van der Waals surface area contributed by atoms with Gasteiger partial charge >= 0.3 is 6.36 Å². The van der Waals surface area contributed by atoms with Crippen molar-refractivity contribution in [2.45, 2.75) is 12.4 Å². The third-order valence-electron chi connectivity index (χ3n) is 2.50. The summed E-state index contributed by atoms with van der Waals surface area (Å²) >= 11 is 0. The molecule has 20 heavy (non-hydrogen) atoms. The maximum Gasteiger partial charge on any atom is 0.573 e.